The Labute approximate surface area is 152 Å². The van der Waals surface area contributed by atoms with Gasteiger partial charge in [-0.05, 0) is 25.2 Å². The predicted molar refractivity (Wildman–Crippen MR) is 93.0 cm³/mol. The molecule has 0 saturated carbocycles. The molecule has 1 N–H and O–H groups in total. The van der Waals surface area contributed by atoms with Crippen molar-refractivity contribution in [3.05, 3.63) is 0 Å². The van der Waals surface area contributed by atoms with Gasteiger partial charge in [-0.1, -0.05) is 6.92 Å². The molecule has 2 unspecified atom stereocenters. The molecular weight excluding hydrogens is 344 g/mol. The number of hydrogen-bond acceptors (Lipinski definition) is 5. The molecule has 8 heteroatoms. The Morgan fingerprint density at radius 1 is 1.20 bits per heavy atom. The van der Waals surface area contributed by atoms with E-state index in [0.29, 0.717) is 44.2 Å². The minimum Gasteiger partial charge on any atom is -0.481 e. The highest BCUT2D eigenvalue weighted by molar-refractivity contribution is 7.99. The van der Waals surface area contributed by atoms with Crippen molar-refractivity contribution < 1.29 is 24.2 Å². The maximum atomic E-state index is 12.8. The second-order valence-electron chi connectivity index (χ2n) is 6.96. The largest absolute Gasteiger partial charge is 0.481 e. The molecule has 3 heterocycles. The number of amides is 2. The van der Waals surface area contributed by atoms with Gasteiger partial charge in [0, 0.05) is 31.9 Å². The van der Waals surface area contributed by atoms with Crippen molar-refractivity contribution in [3.63, 3.8) is 0 Å². The lowest BCUT2D eigenvalue weighted by molar-refractivity contribution is -0.147. The van der Waals surface area contributed by atoms with Crippen molar-refractivity contribution >= 4 is 29.5 Å². The first-order chi connectivity index (χ1) is 12.0. The maximum absolute atomic E-state index is 12.8. The van der Waals surface area contributed by atoms with Crippen LogP contribution in [-0.2, 0) is 19.1 Å². The molecule has 0 aromatic carbocycles. The molecule has 25 heavy (non-hydrogen) atoms. The highest BCUT2D eigenvalue weighted by Gasteiger charge is 2.42. The van der Waals surface area contributed by atoms with Gasteiger partial charge in [0.05, 0.1) is 17.9 Å². The van der Waals surface area contributed by atoms with Crippen LogP contribution in [0.25, 0.3) is 0 Å². The molecule has 140 valence electrons. The van der Waals surface area contributed by atoms with Crippen LogP contribution in [0.1, 0.15) is 32.6 Å². The number of carboxylic acid groups (broad SMARTS) is 1. The average Bonchev–Trinajstić information content (AvgIpc) is 3.29. The Balaban J connectivity index is 1.56. The van der Waals surface area contributed by atoms with E-state index < -0.39 is 11.9 Å². The topological polar surface area (TPSA) is 87.2 Å². The third-order valence-corrected chi connectivity index (χ3v) is 6.57. The molecule has 0 aliphatic carbocycles. The second-order valence-corrected chi connectivity index (χ2v) is 7.96. The molecule has 3 atom stereocenters. The van der Waals surface area contributed by atoms with E-state index in [1.54, 1.807) is 16.7 Å². The standard InChI is InChI=1S/C17H26N2O5S/c1-2-14(20)19-10-25-9-13(19)16(21)18-6-3-11(4-7-18)15-12(17(22)23)5-8-24-15/h11-13,15H,2-10H2,1H3,(H,22,23)/t12?,13?,15-/m0/s1. The number of nitrogens with zero attached hydrogens (tertiary/aromatic N) is 2. The number of carbonyl (C=O) groups excluding carboxylic acids is 2. The zero-order valence-electron chi connectivity index (χ0n) is 14.6. The minimum atomic E-state index is -0.780. The van der Waals surface area contributed by atoms with Crippen molar-refractivity contribution in [1.82, 2.24) is 9.80 Å². The Morgan fingerprint density at radius 2 is 1.92 bits per heavy atom. The van der Waals surface area contributed by atoms with Gasteiger partial charge in [-0.25, -0.2) is 0 Å². The molecule has 0 aromatic heterocycles. The van der Waals surface area contributed by atoms with Gasteiger partial charge in [0.15, 0.2) is 0 Å². The molecule has 3 aliphatic rings. The van der Waals surface area contributed by atoms with Gasteiger partial charge >= 0.3 is 5.97 Å². The predicted octanol–water partition coefficient (Wildman–Crippen LogP) is 1.03. The molecule has 7 nitrogen and oxygen atoms in total. The number of piperidine rings is 1. The van der Waals surface area contributed by atoms with Crippen LogP contribution in [0.15, 0.2) is 0 Å². The van der Waals surface area contributed by atoms with Gasteiger partial charge in [0.25, 0.3) is 0 Å². The monoisotopic (exact) mass is 370 g/mol. The van der Waals surface area contributed by atoms with E-state index in [0.717, 1.165) is 12.8 Å². The zero-order valence-corrected chi connectivity index (χ0v) is 15.4. The fourth-order valence-electron chi connectivity index (χ4n) is 4.10. The summed E-state index contributed by atoms with van der Waals surface area (Å²) in [6, 6.07) is -0.344. The Bertz CT molecular complexity index is 535. The van der Waals surface area contributed by atoms with E-state index in [-0.39, 0.29) is 29.9 Å². The first kappa shape index (κ1) is 18.5. The van der Waals surface area contributed by atoms with Crippen molar-refractivity contribution in [2.45, 2.75) is 44.8 Å². The third kappa shape index (κ3) is 3.79. The molecule has 0 radical (unpaired) electrons. The van der Waals surface area contributed by atoms with E-state index in [1.807, 2.05) is 11.8 Å². The first-order valence-corrected chi connectivity index (χ1v) is 10.2. The Hall–Kier alpha value is -1.28. The summed E-state index contributed by atoms with van der Waals surface area (Å²) in [5.41, 5.74) is 0. The fraction of sp³-hybridized carbons (Fsp3) is 0.824. The highest BCUT2D eigenvalue weighted by Crippen LogP contribution is 2.34. The molecule has 3 fully saturated rings. The second kappa shape index (κ2) is 7.95. The van der Waals surface area contributed by atoms with Gasteiger partial charge in [0.1, 0.15) is 6.04 Å². The number of carboxylic acids is 1. The number of likely N-dealkylation sites (tertiary alicyclic amines) is 1. The van der Waals surface area contributed by atoms with Crippen LogP contribution >= 0.6 is 11.8 Å². The summed E-state index contributed by atoms with van der Waals surface area (Å²) < 4.78 is 5.68. The molecule has 3 saturated heterocycles. The number of thioether (sulfide) groups is 1. The van der Waals surface area contributed by atoms with Crippen LogP contribution in [0.5, 0.6) is 0 Å². The van der Waals surface area contributed by atoms with Crippen molar-refractivity contribution in [3.8, 4) is 0 Å². The summed E-state index contributed by atoms with van der Waals surface area (Å²) in [7, 11) is 0. The Kier molecular flexibility index (Phi) is 5.89. The van der Waals surface area contributed by atoms with Crippen LogP contribution in [0, 0.1) is 11.8 Å². The van der Waals surface area contributed by atoms with E-state index in [9.17, 15) is 19.5 Å². The summed E-state index contributed by atoms with van der Waals surface area (Å²) in [5, 5.41) is 9.32. The molecule has 0 aromatic rings. The Morgan fingerprint density at radius 3 is 2.56 bits per heavy atom. The lowest BCUT2D eigenvalue weighted by Gasteiger charge is -2.37. The zero-order chi connectivity index (χ0) is 18.0. The van der Waals surface area contributed by atoms with Crippen molar-refractivity contribution in [1.29, 1.82) is 0 Å². The number of ether oxygens (including phenoxy) is 1. The van der Waals surface area contributed by atoms with Crippen LogP contribution in [-0.4, -0.2) is 76.2 Å². The van der Waals surface area contributed by atoms with Crippen LogP contribution in [0.3, 0.4) is 0 Å². The van der Waals surface area contributed by atoms with Gasteiger partial charge < -0.3 is 19.6 Å². The van der Waals surface area contributed by atoms with Gasteiger partial charge in [-0.3, -0.25) is 14.4 Å². The lowest BCUT2D eigenvalue weighted by atomic mass is 9.84. The summed E-state index contributed by atoms with van der Waals surface area (Å²) in [5.74, 6) is 0.315. The van der Waals surface area contributed by atoms with E-state index in [2.05, 4.69) is 0 Å². The SMILES string of the molecule is CCC(=O)N1CSCC1C(=O)N1CCC([C@@H]2OCCC2C(=O)O)CC1. The number of hydrogen-bond donors (Lipinski definition) is 1. The quantitative estimate of drug-likeness (QED) is 0.795. The van der Waals surface area contributed by atoms with Crippen LogP contribution < -0.4 is 0 Å². The van der Waals surface area contributed by atoms with E-state index >= 15 is 0 Å². The van der Waals surface area contributed by atoms with Gasteiger partial charge in [-0.15, -0.1) is 11.8 Å². The fourth-order valence-corrected chi connectivity index (χ4v) is 5.27. The molecule has 0 bridgehead atoms. The molecule has 3 aliphatic heterocycles. The summed E-state index contributed by atoms with van der Waals surface area (Å²) >= 11 is 1.62. The molecular formula is C17H26N2O5S. The van der Waals surface area contributed by atoms with Crippen LogP contribution in [0.2, 0.25) is 0 Å². The summed E-state index contributed by atoms with van der Waals surface area (Å²) in [6.07, 6.45) is 2.30. The molecule has 3 rings (SSSR count). The third-order valence-electron chi connectivity index (χ3n) is 5.56. The minimum absolute atomic E-state index is 0.0295. The molecule has 0 spiro atoms. The normalized spacial score (nSPS) is 30.7. The first-order valence-electron chi connectivity index (χ1n) is 9.03. The van der Waals surface area contributed by atoms with Gasteiger partial charge in [0.2, 0.25) is 11.8 Å². The van der Waals surface area contributed by atoms with E-state index in [4.69, 9.17) is 4.74 Å². The molecule has 2 amide bonds. The van der Waals surface area contributed by atoms with Crippen molar-refractivity contribution in [2.24, 2.45) is 11.8 Å². The van der Waals surface area contributed by atoms with Crippen LogP contribution in [0.4, 0.5) is 0 Å². The number of aliphatic carboxylic acids is 1. The van der Waals surface area contributed by atoms with Crippen molar-refractivity contribution in [2.75, 3.05) is 31.3 Å². The number of carbonyl (C=O) groups is 3. The lowest BCUT2D eigenvalue weighted by Crippen LogP contribution is -2.52. The summed E-state index contributed by atoms with van der Waals surface area (Å²) in [4.78, 5) is 39.7. The van der Waals surface area contributed by atoms with E-state index in [1.165, 1.54) is 0 Å². The van der Waals surface area contributed by atoms with Gasteiger partial charge in [-0.2, -0.15) is 0 Å². The number of rotatable bonds is 4. The highest BCUT2D eigenvalue weighted by atomic mass is 32.2. The smallest absolute Gasteiger partial charge is 0.309 e. The summed E-state index contributed by atoms with van der Waals surface area (Å²) in [6.45, 7) is 3.56. The maximum Gasteiger partial charge on any atom is 0.309 e. The average molecular weight is 370 g/mol.